The van der Waals surface area contributed by atoms with E-state index in [1.165, 1.54) is 31.4 Å². The van der Waals surface area contributed by atoms with Crippen LogP contribution in [0.1, 0.15) is 5.56 Å². The van der Waals surface area contributed by atoms with E-state index in [1.54, 1.807) is 0 Å². The minimum Gasteiger partial charge on any atom is -0.493 e. The van der Waals surface area contributed by atoms with E-state index in [-0.39, 0.29) is 16.4 Å². The topological polar surface area (TPSA) is 84.9 Å². The van der Waals surface area contributed by atoms with Crippen LogP contribution in [0.15, 0.2) is 35.2 Å². The van der Waals surface area contributed by atoms with Crippen molar-refractivity contribution in [2.75, 3.05) is 19.0 Å². The fourth-order valence-corrected chi connectivity index (χ4v) is 3.55. The summed E-state index contributed by atoms with van der Waals surface area (Å²) >= 11 is 0.504. The van der Waals surface area contributed by atoms with Crippen molar-refractivity contribution in [1.82, 2.24) is 4.90 Å². The van der Waals surface area contributed by atoms with Gasteiger partial charge in [-0.2, -0.15) is 8.78 Å². The number of anilines is 1. The first-order valence-corrected chi connectivity index (χ1v) is 9.74. The lowest BCUT2D eigenvalue weighted by Crippen LogP contribution is -2.36. The van der Waals surface area contributed by atoms with Gasteiger partial charge in [-0.1, -0.05) is 6.07 Å². The normalized spacial score (nSPS) is 14.9. The number of carbonyl (C=O) groups excluding carboxylic acids is 3. The monoisotopic (exact) mass is 488 g/mol. The Kier molecular flexibility index (Phi) is 7.21. The third kappa shape index (κ3) is 5.42. The Morgan fingerprint density at radius 1 is 1.12 bits per heavy atom. The van der Waals surface area contributed by atoms with Gasteiger partial charge in [-0.3, -0.25) is 19.3 Å². The van der Waals surface area contributed by atoms with Crippen LogP contribution in [-0.2, 0) is 9.59 Å². The number of hydrogen-bond donors (Lipinski definition) is 1. The number of amides is 3. The number of imide groups is 1. The maximum atomic E-state index is 13.7. The van der Waals surface area contributed by atoms with E-state index in [0.717, 1.165) is 6.07 Å². The molecule has 0 radical (unpaired) electrons. The minimum atomic E-state index is -3.08. The molecule has 1 saturated heterocycles. The van der Waals surface area contributed by atoms with Gasteiger partial charge in [0.2, 0.25) is 5.91 Å². The number of nitrogens with zero attached hydrogens (tertiary/aromatic N) is 1. The second-order valence-electron chi connectivity index (χ2n) is 6.33. The van der Waals surface area contributed by atoms with Gasteiger partial charge in [0.05, 0.1) is 17.7 Å². The molecule has 0 saturated carbocycles. The Labute approximate surface area is 187 Å². The smallest absolute Gasteiger partial charge is 0.387 e. The van der Waals surface area contributed by atoms with E-state index in [9.17, 15) is 36.3 Å². The van der Waals surface area contributed by atoms with Gasteiger partial charge in [0, 0.05) is 0 Å². The van der Waals surface area contributed by atoms with Crippen LogP contribution >= 0.6 is 11.8 Å². The van der Waals surface area contributed by atoms with Crippen LogP contribution in [0.25, 0.3) is 6.08 Å². The van der Waals surface area contributed by atoms with Gasteiger partial charge in [0.15, 0.2) is 29.0 Å². The van der Waals surface area contributed by atoms with Crippen LogP contribution in [0, 0.1) is 17.5 Å². The maximum Gasteiger partial charge on any atom is 0.387 e. The number of thioether (sulfide) groups is 1. The Bertz CT molecular complexity index is 1160. The number of ether oxygens (including phenoxy) is 2. The van der Waals surface area contributed by atoms with Gasteiger partial charge in [-0.05, 0) is 47.7 Å². The molecule has 3 rings (SSSR count). The summed E-state index contributed by atoms with van der Waals surface area (Å²) in [6.07, 6.45) is 1.27. The molecular weight excluding hydrogens is 475 g/mol. The molecule has 0 atom stereocenters. The van der Waals surface area contributed by atoms with Crippen molar-refractivity contribution in [2.45, 2.75) is 6.61 Å². The van der Waals surface area contributed by atoms with Crippen molar-refractivity contribution in [2.24, 2.45) is 0 Å². The molecule has 1 aliphatic heterocycles. The molecule has 1 fully saturated rings. The zero-order valence-corrected chi connectivity index (χ0v) is 17.4. The Morgan fingerprint density at radius 3 is 2.52 bits per heavy atom. The number of benzene rings is 2. The summed E-state index contributed by atoms with van der Waals surface area (Å²) in [5.74, 6) is -7.04. The van der Waals surface area contributed by atoms with Crippen molar-refractivity contribution < 1.29 is 45.8 Å². The van der Waals surface area contributed by atoms with Crippen molar-refractivity contribution in [1.29, 1.82) is 0 Å². The van der Waals surface area contributed by atoms with Gasteiger partial charge < -0.3 is 14.8 Å². The highest BCUT2D eigenvalue weighted by molar-refractivity contribution is 8.18. The quantitative estimate of drug-likeness (QED) is 0.354. The first kappa shape index (κ1) is 24.0. The number of rotatable bonds is 7. The van der Waals surface area contributed by atoms with E-state index in [4.69, 9.17) is 4.74 Å². The lowest BCUT2D eigenvalue weighted by atomic mass is 10.2. The summed E-state index contributed by atoms with van der Waals surface area (Å²) < 4.78 is 74.1. The molecule has 0 spiro atoms. The molecule has 0 unspecified atom stereocenters. The maximum absolute atomic E-state index is 13.7. The SMILES string of the molecule is COc1cc(/C=C2\SC(=O)N(CC(=O)Nc3ccc(F)c(F)c3F)C2=O)ccc1OC(F)F. The van der Waals surface area contributed by atoms with E-state index in [1.807, 2.05) is 5.32 Å². The molecule has 13 heteroatoms. The number of carbonyl (C=O) groups is 3. The largest absolute Gasteiger partial charge is 0.493 e. The molecule has 1 N–H and O–H groups in total. The molecule has 33 heavy (non-hydrogen) atoms. The summed E-state index contributed by atoms with van der Waals surface area (Å²) in [6, 6.07) is 5.21. The molecule has 7 nitrogen and oxygen atoms in total. The molecule has 174 valence electrons. The number of halogens is 5. The highest BCUT2D eigenvalue weighted by Gasteiger charge is 2.36. The van der Waals surface area contributed by atoms with Gasteiger partial charge in [-0.15, -0.1) is 0 Å². The van der Waals surface area contributed by atoms with Crippen LogP contribution in [0.3, 0.4) is 0 Å². The highest BCUT2D eigenvalue weighted by atomic mass is 32.2. The number of hydrogen-bond acceptors (Lipinski definition) is 6. The molecular formula is C20H13F5N2O5S. The fraction of sp³-hybridized carbons (Fsp3) is 0.150. The predicted octanol–water partition coefficient (Wildman–Crippen LogP) is 4.39. The molecule has 1 aliphatic rings. The Balaban J connectivity index is 1.73. The molecule has 0 bridgehead atoms. The number of alkyl halides is 2. The van der Waals surface area contributed by atoms with Crippen LogP contribution in [-0.4, -0.2) is 42.2 Å². The Hall–Kier alpha value is -3.61. The van der Waals surface area contributed by atoms with Crippen molar-refractivity contribution in [3.05, 3.63) is 58.3 Å². The van der Waals surface area contributed by atoms with Crippen LogP contribution < -0.4 is 14.8 Å². The zero-order chi connectivity index (χ0) is 24.3. The molecule has 3 amide bonds. The minimum absolute atomic E-state index is 0.0452. The summed E-state index contributed by atoms with van der Waals surface area (Å²) in [5.41, 5.74) is -0.355. The van der Waals surface area contributed by atoms with E-state index in [2.05, 4.69) is 4.74 Å². The third-order valence-corrected chi connectivity index (χ3v) is 5.09. The van der Waals surface area contributed by atoms with E-state index < -0.39 is 53.3 Å². The second-order valence-corrected chi connectivity index (χ2v) is 7.32. The molecule has 2 aromatic rings. The molecule has 2 aromatic carbocycles. The average molecular weight is 488 g/mol. The lowest BCUT2D eigenvalue weighted by Gasteiger charge is -2.13. The van der Waals surface area contributed by atoms with Gasteiger partial charge in [0.1, 0.15) is 6.54 Å². The number of methoxy groups -OCH3 is 1. The van der Waals surface area contributed by atoms with Crippen molar-refractivity contribution >= 4 is 40.6 Å². The second kappa shape index (κ2) is 9.90. The van der Waals surface area contributed by atoms with Crippen LogP contribution in [0.2, 0.25) is 0 Å². The standard InChI is InChI=1S/C20H13F5N2O5S/c1-31-13-6-9(2-5-12(13)32-19(24)25)7-14-18(29)27(20(30)33-14)8-15(28)26-11-4-3-10(21)16(22)17(11)23/h2-7,19H,8H2,1H3,(H,26,28)/b14-7-. The molecule has 0 aromatic heterocycles. The lowest BCUT2D eigenvalue weighted by molar-refractivity contribution is -0.127. The fourth-order valence-electron chi connectivity index (χ4n) is 2.71. The highest BCUT2D eigenvalue weighted by Crippen LogP contribution is 2.35. The van der Waals surface area contributed by atoms with Gasteiger partial charge >= 0.3 is 6.61 Å². The summed E-state index contributed by atoms with van der Waals surface area (Å²) in [7, 11) is 1.22. The number of nitrogens with one attached hydrogen (secondary N) is 1. The summed E-state index contributed by atoms with van der Waals surface area (Å²) in [5, 5.41) is 1.15. The summed E-state index contributed by atoms with van der Waals surface area (Å²) in [4.78, 5) is 37.3. The van der Waals surface area contributed by atoms with Crippen LogP contribution in [0.4, 0.5) is 32.4 Å². The Morgan fingerprint density at radius 2 is 1.85 bits per heavy atom. The third-order valence-electron chi connectivity index (χ3n) is 4.19. The molecule has 1 heterocycles. The van der Waals surface area contributed by atoms with Crippen molar-refractivity contribution in [3.63, 3.8) is 0 Å². The summed E-state index contributed by atoms with van der Waals surface area (Å²) in [6.45, 7) is -3.89. The first-order valence-electron chi connectivity index (χ1n) is 8.92. The van der Waals surface area contributed by atoms with Crippen molar-refractivity contribution in [3.8, 4) is 11.5 Å². The molecule has 0 aliphatic carbocycles. The van der Waals surface area contributed by atoms with Gasteiger partial charge in [-0.25, -0.2) is 13.2 Å². The first-order chi connectivity index (χ1) is 15.6. The predicted molar refractivity (Wildman–Crippen MR) is 107 cm³/mol. The van der Waals surface area contributed by atoms with Crippen LogP contribution in [0.5, 0.6) is 11.5 Å². The van der Waals surface area contributed by atoms with E-state index in [0.29, 0.717) is 28.3 Å². The van der Waals surface area contributed by atoms with Gasteiger partial charge in [0.25, 0.3) is 11.1 Å². The zero-order valence-electron chi connectivity index (χ0n) is 16.5. The average Bonchev–Trinajstić information content (AvgIpc) is 3.02. The van der Waals surface area contributed by atoms with E-state index >= 15 is 0 Å².